The molecule has 94 valence electrons. The zero-order valence-corrected chi connectivity index (χ0v) is 11.2. The third-order valence-electron chi connectivity index (χ3n) is 3.18. The molecule has 2 atom stereocenters. The molecule has 1 aromatic rings. The lowest BCUT2D eigenvalue weighted by molar-refractivity contribution is -0.124. The van der Waals surface area contributed by atoms with Crippen molar-refractivity contribution in [1.82, 2.24) is 10.6 Å². The van der Waals surface area contributed by atoms with Crippen molar-refractivity contribution in [3.05, 3.63) is 22.4 Å². The highest BCUT2D eigenvalue weighted by Gasteiger charge is 2.27. The smallest absolute Gasteiger partial charge is 0.237 e. The van der Waals surface area contributed by atoms with Gasteiger partial charge in [-0.3, -0.25) is 10.1 Å². The van der Waals surface area contributed by atoms with Crippen LogP contribution in [-0.2, 0) is 4.79 Å². The summed E-state index contributed by atoms with van der Waals surface area (Å²) < 4.78 is 0. The number of hydrogen-bond acceptors (Lipinski definition) is 3. The lowest BCUT2D eigenvalue weighted by Gasteiger charge is -2.29. The van der Waals surface area contributed by atoms with E-state index < -0.39 is 0 Å². The third-order valence-corrected chi connectivity index (χ3v) is 4.14. The zero-order chi connectivity index (χ0) is 12.3. The molecule has 1 fully saturated rings. The first-order valence-corrected chi connectivity index (χ1v) is 7.13. The Morgan fingerprint density at radius 3 is 2.94 bits per heavy atom. The predicted molar refractivity (Wildman–Crippen MR) is 71.1 cm³/mol. The van der Waals surface area contributed by atoms with Gasteiger partial charge in [0.05, 0.1) is 6.04 Å². The molecule has 0 aliphatic carbocycles. The van der Waals surface area contributed by atoms with Crippen LogP contribution < -0.4 is 10.6 Å². The number of thiophene rings is 1. The second kappa shape index (κ2) is 5.65. The van der Waals surface area contributed by atoms with Gasteiger partial charge in [-0.25, -0.2) is 0 Å². The highest BCUT2D eigenvalue weighted by Crippen LogP contribution is 2.27. The maximum atomic E-state index is 11.8. The van der Waals surface area contributed by atoms with E-state index in [1.165, 1.54) is 4.88 Å². The average molecular weight is 252 g/mol. The van der Waals surface area contributed by atoms with Crippen LogP contribution in [0, 0.1) is 5.92 Å². The van der Waals surface area contributed by atoms with E-state index in [1.54, 1.807) is 11.3 Å². The minimum Gasteiger partial charge on any atom is -0.355 e. The monoisotopic (exact) mass is 252 g/mol. The fourth-order valence-corrected chi connectivity index (χ4v) is 3.18. The molecule has 1 aliphatic rings. The van der Waals surface area contributed by atoms with Gasteiger partial charge in [-0.15, -0.1) is 11.3 Å². The second-order valence-corrected chi connectivity index (χ2v) is 5.87. The summed E-state index contributed by atoms with van der Waals surface area (Å²) in [6, 6.07) is 4.46. The van der Waals surface area contributed by atoms with E-state index in [4.69, 9.17) is 0 Å². The van der Waals surface area contributed by atoms with Gasteiger partial charge in [-0.05, 0) is 30.2 Å². The van der Waals surface area contributed by atoms with Crippen LogP contribution in [0.15, 0.2) is 17.5 Å². The minimum absolute atomic E-state index is 0.0294. The molecule has 0 bridgehead atoms. The summed E-state index contributed by atoms with van der Waals surface area (Å²) in [6.45, 7) is 5.21. The largest absolute Gasteiger partial charge is 0.355 e. The minimum atomic E-state index is -0.0294. The highest BCUT2D eigenvalue weighted by atomic mass is 32.1. The van der Waals surface area contributed by atoms with Gasteiger partial charge in [0.1, 0.15) is 0 Å². The molecular formula is C13H20N2OS. The molecule has 4 heteroatoms. The number of hydrogen-bond donors (Lipinski definition) is 2. The van der Waals surface area contributed by atoms with Crippen molar-refractivity contribution in [2.75, 3.05) is 6.54 Å². The fourth-order valence-electron chi connectivity index (χ4n) is 2.22. The second-order valence-electron chi connectivity index (χ2n) is 4.89. The zero-order valence-electron chi connectivity index (χ0n) is 10.4. The van der Waals surface area contributed by atoms with Crippen molar-refractivity contribution in [2.24, 2.45) is 5.92 Å². The molecule has 1 saturated heterocycles. The van der Waals surface area contributed by atoms with Crippen molar-refractivity contribution >= 4 is 17.2 Å². The normalized spacial score (nSPS) is 22.5. The van der Waals surface area contributed by atoms with Gasteiger partial charge in [0.25, 0.3) is 0 Å². The molecular weight excluding hydrogens is 232 g/mol. The van der Waals surface area contributed by atoms with Crippen molar-refractivity contribution in [1.29, 1.82) is 0 Å². The average Bonchev–Trinajstić information content (AvgIpc) is 2.81. The number of rotatable bonds is 4. The first-order chi connectivity index (χ1) is 8.18. The maximum Gasteiger partial charge on any atom is 0.237 e. The summed E-state index contributed by atoms with van der Waals surface area (Å²) >= 11 is 1.75. The SMILES string of the molecule is CC(C)C(NC1CCCNC1=O)c1cccs1. The Morgan fingerprint density at radius 1 is 1.53 bits per heavy atom. The molecule has 2 unspecified atom stereocenters. The fraction of sp³-hybridized carbons (Fsp3) is 0.615. The van der Waals surface area contributed by atoms with Gasteiger partial charge >= 0.3 is 0 Å². The first-order valence-electron chi connectivity index (χ1n) is 6.25. The van der Waals surface area contributed by atoms with Crippen molar-refractivity contribution in [3.8, 4) is 0 Å². The van der Waals surface area contributed by atoms with Crippen LogP contribution >= 0.6 is 11.3 Å². The maximum absolute atomic E-state index is 11.8. The van der Waals surface area contributed by atoms with Crippen molar-refractivity contribution in [2.45, 2.75) is 38.8 Å². The Hall–Kier alpha value is -0.870. The van der Waals surface area contributed by atoms with Crippen LogP contribution in [0.1, 0.15) is 37.6 Å². The van der Waals surface area contributed by atoms with Gasteiger partial charge < -0.3 is 5.32 Å². The molecule has 0 saturated carbocycles. The summed E-state index contributed by atoms with van der Waals surface area (Å²) in [5.74, 6) is 0.641. The van der Waals surface area contributed by atoms with E-state index in [-0.39, 0.29) is 18.0 Å². The van der Waals surface area contributed by atoms with Crippen molar-refractivity contribution in [3.63, 3.8) is 0 Å². The summed E-state index contributed by atoms with van der Waals surface area (Å²) in [6.07, 6.45) is 2.01. The quantitative estimate of drug-likeness (QED) is 0.863. The Balaban J connectivity index is 2.05. The predicted octanol–water partition coefficient (Wildman–Crippen LogP) is 2.31. The van der Waals surface area contributed by atoms with E-state index in [0.717, 1.165) is 19.4 Å². The van der Waals surface area contributed by atoms with E-state index in [2.05, 4.69) is 42.0 Å². The van der Waals surface area contributed by atoms with Gasteiger partial charge in [0, 0.05) is 17.5 Å². The number of piperidine rings is 1. The van der Waals surface area contributed by atoms with Crippen molar-refractivity contribution < 1.29 is 4.79 Å². The standard InChI is InChI=1S/C13H20N2OS/c1-9(2)12(11-6-4-8-17-11)15-10-5-3-7-14-13(10)16/h4,6,8-10,12,15H,3,5,7H2,1-2H3,(H,14,16). The summed E-state index contributed by atoms with van der Waals surface area (Å²) in [5.41, 5.74) is 0. The van der Waals surface area contributed by atoms with E-state index >= 15 is 0 Å². The Labute approximate surface area is 107 Å². The van der Waals surface area contributed by atoms with Gasteiger partial charge in [0.15, 0.2) is 0 Å². The Bertz CT molecular complexity index is 362. The summed E-state index contributed by atoms with van der Waals surface area (Å²) in [7, 11) is 0. The van der Waals surface area contributed by atoms with E-state index in [0.29, 0.717) is 5.92 Å². The van der Waals surface area contributed by atoms with Crippen LogP contribution in [0.2, 0.25) is 0 Å². The number of carbonyl (C=O) groups excluding carboxylic acids is 1. The molecule has 17 heavy (non-hydrogen) atoms. The van der Waals surface area contributed by atoms with Gasteiger partial charge in [-0.1, -0.05) is 19.9 Å². The molecule has 2 rings (SSSR count). The summed E-state index contributed by atoms with van der Waals surface area (Å²) in [4.78, 5) is 13.1. The van der Waals surface area contributed by atoms with E-state index in [1.807, 2.05) is 0 Å². The third kappa shape index (κ3) is 3.07. The molecule has 2 heterocycles. The lowest BCUT2D eigenvalue weighted by atomic mass is 9.99. The Kier molecular flexibility index (Phi) is 4.18. The molecule has 0 aromatic carbocycles. The molecule has 1 aromatic heterocycles. The lowest BCUT2D eigenvalue weighted by Crippen LogP contribution is -2.49. The number of nitrogens with one attached hydrogen (secondary N) is 2. The molecule has 1 amide bonds. The molecule has 0 radical (unpaired) electrons. The summed E-state index contributed by atoms with van der Waals surface area (Å²) in [5, 5.41) is 8.52. The molecule has 0 spiro atoms. The molecule has 3 nitrogen and oxygen atoms in total. The number of amides is 1. The Morgan fingerprint density at radius 2 is 2.35 bits per heavy atom. The first kappa shape index (κ1) is 12.6. The van der Waals surface area contributed by atoms with Gasteiger partial charge in [0.2, 0.25) is 5.91 Å². The molecule has 1 aliphatic heterocycles. The molecule has 2 N–H and O–H groups in total. The number of carbonyl (C=O) groups is 1. The van der Waals surface area contributed by atoms with Crippen LogP contribution in [0.4, 0.5) is 0 Å². The topological polar surface area (TPSA) is 41.1 Å². The van der Waals surface area contributed by atoms with Crippen LogP contribution in [0.25, 0.3) is 0 Å². The van der Waals surface area contributed by atoms with Crippen LogP contribution in [-0.4, -0.2) is 18.5 Å². The highest BCUT2D eigenvalue weighted by molar-refractivity contribution is 7.10. The van der Waals surface area contributed by atoms with E-state index in [9.17, 15) is 4.79 Å². The van der Waals surface area contributed by atoms with Gasteiger partial charge in [-0.2, -0.15) is 0 Å². The van der Waals surface area contributed by atoms with Crippen LogP contribution in [0.3, 0.4) is 0 Å². The van der Waals surface area contributed by atoms with Crippen LogP contribution in [0.5, 0.6) is 0 Å².